The van der Waals surface area contributed by atoms with Gasteiger partial charge in [0.1, 0.15) is 11.2 Å². The number of nitrogens with one attached hydrogen (secondary N) is 2. The Morgan fingerprint density at radius 3 is 2.51 bits per heavy atom. The number of ether oxygens (including phenoxy) is 1. The van der Waals surface area contributed by atoms with Crippen LogP contribution in [0.3, 0.4) is 0 Å². The van der Waals surface area contributed by atoms with Crippen molar-refractivity contribution in [3.8, 4) is 11.1 Å². The smallest absolute Gasteiger partial charge is 0.377 e. The number of rotatable bonds is 9. The highest BCUT2D eigenvalue weighted by Gasteiger charge is 2.66. The number of carbonyl (C=O) groups is 1. The number of nitrogens with zero attached hydrogens (tertiary/aromatic N) is 5. The minimum atomic E-state index is -4.46. The van der Waals surface area contributed by atoms with Crippen LogP contribution in [0.5, 0.6) is 0 Å². The van der Waals surface area contributed by atoms with Gasteiger partial charge in [0.2, 0.25) is 11.9 Å². The van der Waals surface area contributed by atoms with Gasteiger partial charge in [-0.15, -0.1) is 0 Å². The zero-order chi connectivity index (χ0) is 28.8. The van der Waals surface area contributed by atoms with Crippen LogP contribution in [0.1, 0.15) is 42.8 Å². The van der Waals surface area contributed by atoms with Gasteiger partial charge in [-0.2, -0.15) is 18.3 Å². The number of amides is 1. The molecule has 0 bridgehead atoms. The summed E-state index contributed by atoms with van der Waals surface area (Å²) in [5, 5.41) is 13.7. The SMILES string of the molecule is CCc1nn(C2COC2)cc1Nc1ncc(-c2ccc(CC(=O)Nc3cc(C4(C(F)(F)F)CC4)on3)c(F)c2)cn1. The number of aryl methyl sites for hydroxylation is 1. The summed E-state index contributed by atoms with van der Waals surface area (Å²) in [6, 6.07) is 5.64. The van der Waals surface area contributed by atoms with E-state index >= 15 is 0 Å². The van der Waals surface area contributed by atoms with Gasteiger partial charge in [-0.05, 0) is 36.5 Å². The third-order valence-corrected chi connectivity index (χ3v) is 7.32. The van der Waals surface area contributed by atoms with Crippen LogP contribution in [0.2, 0.25) is 0 Å². The topological polar surface area (TPSA) is 120 Å². The molecule has 6 rings (SSSR count). The fraction of sp³-hybridized carbons (Fsp3) is 0.370. The molecule has 1 saturated heterocycles. The van der Waals surface area contributed by atoms with E-state index in [4.69, 9.17) is 9.26 Å². The lowest BCUT2D eigenvalue weighted by molar-refractivity contribution is -0.165. The third kappa shape index (κ3) is 5.26. The van der Waals surface area contributed by atoms with Gasteiger partial charge in [-0.25, -0.2) is 14.4 Å². The zero-order valence-corrected chi connectivity index (χ0v) is 21.8. The Morgan fingerprint density at radius 2 is 1.90 bits per heavy atom. The van der Waals surface area contributed by atoms with Gasteiger partial charge in [0, 0.05) is 30.2 Å². The first-order valence-electron chi connectivity index (χ1n) is 13.0. The van der Waals surface area contributed by atoms with E-state index in [0.717, 1.165) is 23.9 Å². The predicted molar refractivity (Wildman–Crippen MR) is 138 cm³/mol. The lowest BCUT2D eigenvalue weighted by Crippen LogP contribution is -2.31. The maximum Gasteiger partial charge on any atom is 0.401 e. The molecule has 14 heteroatoms. The standard InChI is InChI=1S/C27H25F4N7O3/c1-2-20-21(12-38(36-20)18-13-40-14-18)34-25-32-10-17(11-33-25)15-3-4-16(19(28)7-15)8-24(39)35-23-9-22(41-37-23)26(5-6-26)27(29,30)31/h3-4,7,9-12,18H,2,5-6,8,13-14H2,1H3,(H,32,33,34)(H,35,37,39). The molecular formula is C27H25F4N7O3. The van der Waals surface area contributed by atoms with Crippen LogP contribution < -0.4 is 10.6 Å². The van der Waals surface area contributed by atoms with Crippen LogP contribution in [0, 0.1) is 5.82 Å². The molecule has 214 valence electrons. The Bertz CT molecular complexity index is 1570. The van der Waals surface area contributed by atoms with E-state index < -0.39 is 23.3 Å². The maximum atomic E-state index is 14.9. The van der Waals surface area contributed by atoms with Gasteiger partial charge in [0.05, 0.1) is 37.1 Å². The van der Waals surface area contributed by atoms with Gasteiger partial charge in [0.25, 0.3) is 0 Å². The molecule has 1 aliphatic carbocycles. The first kappa shape index (κ1) is 26.9. The summed E-state index contributed by atoms with van der Waals surface area (Å²) in [6.07, 6.45) is 0.743. The highest BCUT2D eigenvalue weighted by molar-refractivity contribution is 5.91. The summed E-state index contributed by atoms with van der Waals surface area (Å²) in [4.78, 5) is 21.1. The van der Waals surface area contributed by atoms with Gasteiger partial charge in [0.15, 0.2) is 11.6 Å². The molecule has 4 aromatic rings. The highest BCUT2D eigenvalue weighted by atomic mass is 19.4. The minimum absolute atomic E-state index is 0.0943. The van der Waals surface area contributed by atoms with Crippen LogP contribution in [-0.4, -0.2) is 50.2 Å². The number of benzene rings is 1. The van der Waals surface area contributed by atoms with Crippen molar-refractivity contribution in [2.45, 2.75) is 50.2 Å². The number of aromatic nitrogens is 5. The molecule has 3 aromatic heterocycles. The molecule has 41 heavy (non-hydrogen) atoms. The second kappa shape index (κ2) is 10.3. The number of carbonyl (C=O) groups excluding carboxylic acids is 1. The molecule has 1 saturated carbocycles. The lowest BCUT2D eigenvalue weighted by atomic mass is 10.0. The van der Waals surface area contributed by atoms with E-state index in [1.54, 1.807) is 18.5 Å². The highest BCUT2D eigenvalue weighted by Crippen LogP contribution is 2.59. The van der Waals surface area contributed by atoms with E-state index in [1.165, 1.54) is 12.1 Å². The van der Waals surface area contributed by atoms with Crippen LogP contribution in [0.25, 0.3) is 11.1 Å². The van der Waals surface area contributed by atoms with Crippen LogP contribution in [0.15, 0.2) is 47.4 Å². The van der Waals surface area contributed by atoms with Crippen LogP contribution >= 0.6 is 0 Å². The Morgan fingerprint density at radius 1 is 1.15 bits per heavy atom. The molecule has 1 amide bonds. The van der Waals surface area contributed by atoms with E-state index in [1.807, 2.05) is 17.8 Å². The third-order valence-electron chi connectivity index (χ3n) is 7.32. The number of halogens is 4. The second-order valence-corrected chi connectivity index (χ2v) is 10.1. The summed E-state index contributed by atoms with van der Waals surface area (Å²) < 4.78 is 66.7. The summed E-state index contributed by atoms with van der Waals surface area (Å²) in [5.74, 6) is -1.41. The summed E-state index contributed by atoms with van der Waals surface area (Å²) >= 11 is 0. The van der Waals surface area contributed by atoms with Crippen molar-refractivity contribution < 1.29 is 31.6 Å². The first-order valence-corrected chi connectivity index (χ1v) is 13.0. The van der Waals surface area contributed by atoms with Gasteiger partial charge >= 0.3 is 6.18 Å². The van der Waals surface area contributed by atoms with Crippen molar-refractivity contribution in [3.05, 3.63) is 65.7 Å². The number of hydrogen-bond donors (Lipinski definition) is 2. The van der Waals surface area contributed by atoms with E-state index in [9.17, 15) is 22.4 Å². The molecule has 0 atom stereocenters. The summed E-state index contributed by atoms with van der Waals surface area (Å²) in [5.41, 5.74) is 0.809. The largest absolute Gasteiger partial charge is 0.401 e. The van der Waals surface area contributed by atoms with Crippen molar-refractivity contribution in [1.82, 2.24) is 24.9 Å². The average molecular weight is 572 g/mol. The summed E-state index contributed by atoms with van der Waals surface area (Å²) in [6.45, 7) is 3.26. The normalized spacial score (nSPS) is 16.3. The van der Waals surface area contributed by atoms with Crippen LogP contribution in [0.4, 0.5) is 35.0 Å². The van der Waals surface area contributed by atoms with Crippen molar-refractivity contribution >= 4 is 23.4 Å². The zero-order valence-electron chi connectivity index (χ0n) is 21.8. The lowest BCUT2D eigenvalue weighted by Gasteiger charge is -2.25. The van der Waals surface area contributed by atoms with E-state index in [2.05, 4.69) is 30.9 Å². The van der Waals surface area contributed by atoms with Crippen molar-refractivity contribution in [1.29, 1.82) is 0 Å². The molecule has 1 aliphatic heterocycles. The predicted octanol–water partition coefficient (Wildman–Crippen LogP) is 5.12. The van der Waals surface area contributed by atoms with Crippen molar-refractivity contribution in [2.75, 3.05) is 23.8 Å². The quantitative estimate of drug-likeness (QED) is 0.266. The first-order chi connectivity index (χ1) is 19.6. The van der Waals surface area contributed by atoms with E-state index in [0.29, 0.717) is 30.3 Å². The molecule has 10 nitrogen and oxygen atoms in total. The van der Waals surface area contributed by atoms with Crippen LogP contribution in [-0.2, 0) is 27.8 Å². The molecule has 1 aromatic carbocycles. The second-order valence-electron chi connectivity index (χ2n) is 10.1. The van der Waals surface area contributed by atoms with Gasteiger partial charge < -0.3 is 19.9 Å². The maximum absolute atomic E-state index is 14.9. The molecule has 4 heterocycles. The fourth-order valence-corrected chi connectivity index (χ4v) is 4.60. The molecular weight excluding hydrogens is 546 g/mol. The van der Waals surface area contributed by atoms with E-state index in [-0.39, 0.29) is 42.4 Å². The molecule has 2 N–H and O–H groups in total. The minimum Gasteiger partial charge on any atom is -0.377 e. The average Bonchev–Trinajstić information content (AvgIpc) is 3.46. The van der Waals surface area contributed by atoms with Gasteiger partial charge in [-0.3, -0.25) is 9.48 Å². The molecule has 2 fully saturated rings. The number of hydrogen-bond acceptors (Lipinski definition) is 8. The van der Waals surface area contributed by atoms with Crippen molar-refractivity contribution in [3.63, 3.8) is 0 Å². The number of alkyl halides is 3. The Balaban J connectivity index is 1.08. The fourth-order valence-electron chi connectivity index (χ4n) is 4.60. The molecule has 2 aliphatic rings. The van der Waals surface area contributed by atoms with Gasteiger partial charge in [-0.1, -0.05) is 24.2 Å². The number of anilines is 3. The molecule has 0 unspecified atom stereocenters. The monoisotopic (exact) mass is 571 g/mol. The molecule has 0 radical (unpaired) electrons. The summed E-state index contributed by atoms with van der Waals surface area (Å²) in [7, 11) is 0. The van der Waals surface area contributed by atoms with Crippen molar-refractivity contribution in [2.24, 2.45) is 0 Å². The Labute approximate surface area is 231 Å². The molecule has 0 spiro atoms. The Kier molecular flexibility index (Phi) is 6.72. The Hall–Kier alpha value is -4.33.